The highest BCUT2D eigenvalue weighted by molar-refractivity contribution is 7.89. The van der Waals surface area contributed by atoms with Crippen molar-refractivity contribution in [2.45, 2.75) is 24.3 Å². The van der Waals surface area contributed by atoms with Crippen LogP contribution in [0.1, 0.15) is 23.8 Å². The van der Waals surface area contributed by atoms with Crippen LogP contribution in [0, 0.1) is 11.8 Å². The molecule has 1 aliphatic heterocycles. The normalized spacial score (nSPS) is 13.8. The van der Waals surface area contributed by atoms with E-state index in [0.29, 0.717) is 36.8 Å². The number of ether oxygens (including phenoxy) is 2. The Morgan fingerprint density at radius 1 is 1.03 bits per heavy atom. The molecular weight excluding hydrogens is 460 g/mol. The van der Waals surface area contributed by atoms with Crippen LogP contribution in [-0.4, -0.2) is 33.6 Å². The van der Waals surface area contributed by atoms with E-state index in [0.717, 1.165) is 10.4 Å². The van der Waals surface area contributed by atoms with Crippen LogP contribution >= 0.6 is 11.3 Å². The minimum Gasteiger partial charge on any atom is -0.490 e. The Labute approximate surface area is 196 Å². The van der Waals surface area contributed by atoms with Crippen LogP contribution in [0.15, 0.2) is 64.9 Å². The van der Waals surface area contributed by atoms with Gasteiger partial charge in [0.15, 0.2) is 11.5 Å². The highest BCUT2D eigenvalue weighted by atomic mass is 32.2. The zero-order valence-corrected chi connectivity index (χ0v) is 19.5. The summed E-state index contributed by atoms with van der Waals surface area (Å²) in [5.41, 5.74) is 1.27. The SMILES string of the molecule is C[C@H](NS(=O)(=O)c1ccc2c(c1)OCCCO2)C(=O)Nc1cccc(C#Cc2cccs2)c1. The molecule has 3 aromatic rings. The number of hydrogen-bond donors (Lipinski definition) is 2. The van der Waals surface area contributed by atoms with Crippen LogP contribution in [0.4, 0.5) is 5.69 Å². The predicted octanol–water partition coefficient (Wildman–Crippen LogP) is 3.61. The van der Waals surface area contributed by atoms with Crippen LogP contribution in [0.3, 0.4) is 0 Å². The number of carbonyl (C=O) groups excluding carboxylic acids is 1. The van der Waals surface area contributed by atoms with E-state index in [4.69, 9.17) is 9.47 Å². The minimum absolute atomic E-state index is 0.00255. The van der Waals surface area contributed by atoms with Crippen molar-refractivity contribution in [3.63, 3.8) is 0 Å². The fourth-order valence-corrected chi connectivity index (χ4v) is 4.86. The molecule has 1 atom stereocenters. The van der Waals surface area contributed by atoms with Crippen molar-refractivity contribution in [3.05, 3.63) is 70.4 Å². The standard InChI is InChI=1S/C24H22N2O5S2/c1-17(26-33(28,29)21-10-11-22-23(16-21)31-13-4-12-30-22)24(27)25-19-6-2-5-18(15-19)8-9-20-7-3-14-32-20/h2-3,5-7,10-11,14-17,26H,4,12-13H2,1H3,(H,25,27)/t17-/m0/s1. The molecular formula is C24H22N2O5S2. The molecule has 1 aliphatic rings. The molecule has 0 fully saturated rings. The molecule has 2 aromatic carbocycles. The van der Waals surface area contributed by atoms with E-state index in [9.17, 15) is 13.2 Å². The number of anilines is 1. The summed E-state index contributed by atoms with van der Waals surface area (Å²) < 4.78 is 39.1. The molecule has 0 spiro atoms. The Morgan fingerprint density at radius 3 is 2.64 bits per heavy atom. The molecule has 4 rings (SSSR count). The third kappa shape index (κ3) is 5.93. The highest BCUT2D eigenvalue weighted by Gasteiger charge is 2.24. The van der Waals surface area contributed by atoms with E-state index in [1.54, 1.807) is 35.6 Å². The second kappa shape index (κ2) is 10.1. The number of nitrogens with one attached hydrogen (secondary N) is 2. The number of thiophene rings is 1. The van der Waals surface area contributed by atoms with Crippen molar-refractivity contribution in [1.82, 2.24) is 4.72 Å². The maximum Gasteiger partial charge on any atom is 0.242 e. The number of benzene rings is 2. The first-order chi connectivity index (χ1) is 15.9. The molecule has 170 valence electrons. The van der Waals surface area contributed by atoms with Crippen molar-refractivity contribution in [2.24, 2.45) is 0 Å². The molecule has 1 aromatic heterocycles. The van der Waals surface area contributed by atoms with Gasteiger partial charge in [-0.3, -0.25) is 4.79 Å². The summed E-state index contributed by atoms with van der Waals surface area (Å²) in [4.78, 5) is 13.6. The van der Waals surface area contributed by atoms with Crippen LogP contribution < -0.4 is 19.5 Å². The van der Waals surface area contributed by atoms with Gasteiger partial charge in [-0.25, -0.2) is 8.42 Å². The number of amides is 1. The summed E-state index contributed by atoms with van der Waals surface area (Å²) in [6.07, 6.45) is 0.715. The zero-order chi connectivity index (χ0) is 23.3. The van der Waals surface area contributed by atoms with Crippen LogP contribution in [0.25, 0.3) is 0 Å². The average Bonchev–Trinajstić information content (AvgIpc) is 3.21. The van der Waals surface area contributed by atoms with Crippen molar-refractivity contribution in [2.75, 3.05) is 18.5 Å². The Bertz CT molecular complexity index is 1310. The molecule has 0 saturated heterocycles. The number of rotatable bonds is 5. The summed E-state index contributed by atoms with van der Waals surface area (Å²) in [7, 11) is -3.95. The second-order valence-corrected chi connectivity index (χ2v) is 9.96. The summed E-state index contributed by atoms with van der Waals surface area (Å²) in [5, 5.41) is 4.69. The van der Waals surface area contributed by atoms with Crippen LogP contribution in [0.2, 0.25) is 0 Å². The van der Waals surface area contributed by atoms with E-state index in [2.05, 4.69) is 21.9 Å². The number of hydrogen-bond acceptors (Lipinski definition) is 6. The Kier molecular flexibility index (Phi) is 6.99. The predicted molar refractivity (Wildman–Crippen MR) is 127 cm³/mol. The van der Waals surface area contributed by atoms with Crippen LogP contribution in [0.5, 0.6) is 11.5 Å². The van der Waals surface area contributed by atoms with Crippen molar-refractivity contribution < 1.29 is 22.7 Å². The lowest BCUT2D eigenvalue weighted by Gasteiger charge is -2.15. The lowest BCUT2D eigenvalue weighted by Crippen LogP contribution is -2.41. The van der Waals surface area contributed by atoms with Crippen molar-refractivity contribution in [1.29, 1.82) is 0 Å². The van der Waals surface area contributed by atoms with Gasteiger partial charge in [0.25, 0.3) is 0 Å². The highest BCUT2D eigenvalue weighted by Crippen LogP contribution is 2.31. The van der Waals surface area contributed by atoms with E-state index in [1.807, 2.05) is 23.6 Å². The van der Waals surface area contributed by atoms with Crippen molar-refractivity contribution >= 4 is 33.0 Å². The van der Waals surface area contributed by atoms with Crippen LogP contribution in [-0.2, 0) is 14.8 Å². The fraction of sp³-hybridized carbons (Fsp3) is 0.208. The number of carbonyl (C=O) groups is 1. The summed E-state index contributed by atoms with van der Waals surface area (Å²) >= 11 is 1.55. The second-order valence-electron chi connectivity index (χ2n) is 7.30. The summed E-state index contributed by atoms with van der Waals surface area (Å²) in [6, 6.07) is 14.3. The molecule has 2 heterocycles. The van der Waals surface area contributed by atoms with Gasteiger partial charge in [-0.15, -0.1) is 11.3 Å². The summed E-state index contributed by atoms with van der Waals surface area (Å²) in [5.74, 6) is 6.50. The number of sulfonamides is 1. The topological polar surface area (TPSA) is 93.7 Å². The third-order valence-corrected chi connectivity index (χ3v) is 7.06. The lowest BCUT2D eigenvalue weighted by molar-refractivity contribution is -0.117. The van der Waals surface area contributed by atoms with Gasteiger partial charge in [0.05, 0.1) is 29.0 Å². The van der Waals surface area contributed by atoms with E-state index >= 15 is 0 Å². The third-order valence-electron chi connectivity index (χ3n) is 4.74. The minimum atomic E-state index is -3.95. The van der Waals surface area contributed by atoms with E-state index in [-0.39, 0.29) is 4.90 Å². The maximum absolute atomic E-state index is 12.8. The van der Waals surface area contributed by atoms with Gasteiger partial charge in [-0.1, -0.05) is 24.0 Å². The van der Waals surface area contributed by atoms with E-state index < -0.39 is 22.0 Å². The monoisotopic (exact) mass is 482 g/mol. The Balaban J connectivity index is 1.42. The van der Waals surface area contributed by atoms with E-state index in [1.165, 1.54) is 19.1 Å². The van der Waals surface area contributed by atoms with Gasteiger partial charge in [0.2, 0.25) is 15.9 Å². The number of fused-ring (bicyclic) bond motifs is 1. The smallest absolute Gasteiger partial charge is 0.242 e. The molecule has 0 saturated carbocycles. The summed E-state index contributed by atoms with van der Waals surface area (Å²) in [6.45, 7) is 2.44. The van der Waals surface area contributed by atoms with Gasteiger partial charge >= 0.3 is 0 Å². The van der Waals surface area contributed by atoms with Gasteiger partial charge in [0, 0.05) is 23.7 Å². The quantitative estimate of drug-likeness (QED) is 0.542. The van der Waals surface area contributed by atoms with Gasteiger partial charge in [0.1, 0.15) is 0 Å². The first-order valence-electron chi connectivity index (χ1n) is 10.3. The molecule has 0 radical (unpaired) electrons. The lowest BCUT2D eigenvalue weighted by atomic mass is 10.2. The molecule has 0 aliphatic carbocycles. The molecule has 0 bridgehead atoms. The first-order valence-corrected chi connectivity index (χ1v) is 12.7. The average molecular weight is 483 g/mol. The molecule has 2 N–H and O–H groups in total. The maximum atomic E-state index is 12.8. The molecule has 0 unspecified atom stereocenters. The molecule has 7 nitrogen and oxygen atoms in total. The van der Waals surface area contributed by atoms with Gasteiger partial charge in [-0.2, -0.15) is 4.72 Å². The first kappa shape index (κ1) is 22.9. The van der Waals surface area contributed by atoms with Crippen molar-refractivity contribution in [3.8, 4) is 23.3 Å². The Hall–Kier alpha value is -3.32. The fourth-order valence-electron chi connectivity index (χ4n) is 3.07. The Morgan fingerprint density at radius 2 is 1.85 bits per heavy atom. The molecule has 33 heavy (non-hydrogen) atoms. The largest absolute Gasteiger partial charge is 0.490 e. The molecule has 1 amide bonds. The molecule has 9 heteroatoms. The van der Waals surface area contributed by atoms with Gasteiger partial charge < -0.3 is 14.8 Å². The zero-order valence-electron chi connectivity index (χ0n) is 17.8. The van der Waals surface area contributed by atoms with Gasteiger partial charge in [-0.05, 0) is 48.7 Å².